The van der Waals surface area contributed by atoms with Crippen LogP contribution in [0.1, 0.15) is 48.5 Å². The zero-order valence-corrected chi connectivity index (χ0v) is 14.2. The largest absolute Gasteiger partial charge is 0.513 e. The van der Waals surface area contributed by atoms with Gasteiger partial charge in [-0.2, -0.15) is 0 Å². The first-order chi connectivity index (χ1) is 9.90. The first-order valence-corrected chi connectivity index (χ1v) is 7.30. The van der Waals surface area contributed by atoms with Crippen molar-refractivity contribution < 1.29 is 18.8 Å². The molecule has 1 aromatic rings. The van der Waals surface area contributed by atoms with Crippen LogP contribution in [0.2, 0.25) is 0 Å². The number of anilines is 1. The van der Waals surface area contributed by atoms with Gasteiger partial charge < -0.3 is 19.0 Å². The van der Waals surface area contributed by atoms with E-state index in [1.807, 2.05) is 27.7 Å². The van der Waals surface area contributed by atoms with Crippen molar-refractivity contribution in [1.82, 2.24) is 9.97 Å². The summed E-state index contributed by atoms with van der Waals surface area (Å²) in [6, 6.07) is 0. The molecule has 0 spiro atoms. The van der Waals surface area contributed by atoms with Crippen molar-refractivity contribution in [2.75, 3.05) is 5.32 Å². The van der Waals surface area contributed by atoms with E-state index in [1.165, 1.54) is 0 Å². The maximum Gasteiger partial charge on any atom is 0.513 e. The lowest BCUT2D eigenvalue weighted by atomic mass is 9.86. The number of aromatic nitrogens is 2. The van der Waals surface area contributed by atoms with Crippen LogP contribution in [-0.2, 0) is 14.0 Å². The third-order valence-electron chi connectivity index (χ3n) is 3.72. The molecule has 2 rings (SSSR count). The molecule has 1 aliphatic heterocycles. The van der Waals surface area contributed by atoms with E-state index < -0.39 is 30.0 Å². The second-order valence-electron chi connectivity index (χ2n) is 7.40. The van der Waals surface area contributed by atoms with E-state index in [9.17, 15) is 4.79 Å². The minimum absolute atomic E-state index is 0.291. The maximum absolute atomic E-state index is 11.7. The maximum atomic E-state index is 11.7. The molecule has 0 aromatic carbocycles. The molecule has 0 unspecified atom stereocenters. The molecule has 122 valence electrons. The van der Waals surface area contributed by atoms with E-state index in [0.717, 1.165) is 0 Å². The normalized spacial score (nSPS) is 20.0. The number of imidazole rings is 1. The molecule has 8 heteroatoms. The predicted molar refractivity (Wildman–Crippen MR) is 84.2 cm³/mol. The fourth-order valence-electron chi connectivity index (χ4n) is 1.89. The van der Waals surface area contributed by atoms with Crippen LogP contribution in [0.15, 0.2) is 6.20 Å². The highest BCUT2D eigenvalue weighted by Gasteiger charge is 2.52. The first kappa shape index (κ1) is 16.8. The van der Waals surface area contributed by atoms with Gasteiger partial charge in [-0.3, -0.25) is 5.32 Å². The van der Waals surface area contributed by atoms with E-state index >= 15 is 0 Å². The molecule has 1 amide bonds. The summed E-state index contributed by atoms with van der Waals surface area (Å²) < 4.78 is 17.0. The fourth-order valence-corrected chi connectivity index (χ4v) is 1.89. The molecular weight excluding hydrogens is 285 g/mol. The van der Waals surface area contributed by atoms with Gasteiger partial charge in [0.1, 0.15) is 5.60 Å². The summed E-state index contributed by atoms with van der Waals surface area (Å²) in [5.41, 5.74) is -0.779. The Kier molecular flexibility index (Phi) is 4.04. The van der Waals surface area contributed by atoms with Gasteiger partial charge in [0.15, 0.2) is 0 Å². The molecule has 2 heterocycles. The highest BCUT2D eigenvalue weighted by atomic mass is 16.7. The average molecular weight is 309 g/mol. The molecule has 1 aromatic heterocycles. The van der Waals surface area contributed by atoms with Gasteiger partial charge in [-0.25, -0.2) is 9.78 Å². The van der Waals surface area contributed by atoms with Crippen molar-refractivity contribution in [1.29, 1.82) is 0 Å². The van der Waals surface area contributed by atoms with E-state index in [2.05, 4.69) is 15.3 Å². The lowest BCUT2D eigenvalue weighted by molar-refractivity contribution is 0.00578. The van der Waals surface area contributed by atoms with Gasteiger partial charge in [-0.1, -0.05) is 0 Å². The van der Waals surface area contributed by atoms with Crippen molar-refractivity contribution >= 4 is 24.8 Å². The molecule has 22 heavy (non-hydrogen) atoms. The number of amides is 1. The highest BCUT2D eigenvalue weighted by Crippen LogP contribution is 2.36. The Morgan fingerprint density at radius 3 is 2.32 bits per heavy atom. The lowest BCUT2D eigenvalue weighted by Crippen LogP contribution is -2.41. The van der Waals surface area contributed by atoms with Crippen molar-refractivity contribution in [3.05, 3.63) is 6.20 Å². The number of H-pyrrole nitrogens is 1. The number of carbonyl (C=O) groups excluding carboxylic acids is 1. The van der Waals surface area contributed by atoms with Crippen molar-refractivity contribution in [3.63, 3.8) is 0 Å². The standard InChI is InChI=1S/C14H24BN3O4/c1-12(2,3)20-11(19)18-10-16-8-9(17-10)15-21-13(4,5)14(6,7)22-15/h8H,1-7H3,(H2,16,17,18,19). The Labute approximate surface area is 131 Å². The van der Waals surface area contributed by atoms with Crippen LogP contribution in [-0.4, -0.2) is 40.0 Å². The summed E-state index contributed by atoms with van der Waals surface area (Å²) in [7, 11) is -0.549. The number of hydrogen-bond acceptors (Lipinski definition) is 5. The van der Waals surface area contributed by atoms with Crippen LogP contribution in [0.4, 0.5) is 10.7 Å². The van der Waals surface area contributed by atoms with Crippen molar-refractivity contribution in [2.45, 2.75) is 65.3 Å². The zero-order chi connectivity index (χ0) is 16.8. The van der Waals surface area contributed by atoms with Crippen LogP contribution in [0.5, 0.6) is 0 Å². The van der Waals surface area contributed by atoms with Crippen LogP contribution in [0, 0.1) is 0 Å². The molecule has 0 saturated carbocycles. The number of aromatic amines is 1. The van der Waals surface area contributed by atoms with Gasteiger partial charge in [0, 0.05) is 6.20 Å². The Bertz CT molecular complexity index is 547. The van der Waals surface area contributed by atoms with Crippen LogP contribution in [0.25, 0.3) is 0 Å². The minimum Gasteiger partial charge on any atom is -0.444 e. The molecule has 1 aliphatic rings. The number of ether oxygens (including phenoxy) is 1. The molecule has 1 saturated heterocycles. The SMILES string of the molecule is CC(C)(C)OC(=O)Nc1ncc(B2OC(C)(C)C(C)(C)O2)[nH]1. The predicted octanol–water partition coefficient (Wildman–Crippen LogP) is 2.06. The fraction of sp³-hybridized carbons (Fsp3) is 0.714. The molecule has 7 nitrogen and oxygen atoms in total. The second kappa shape index (κ2) is 5.28. The van der Waals surface area contributed by atoms with E-state index in [1.54, 1.807) is 27.0 Å². The number of carbonyl (C=O) groups is 1. The summed E-state index contributed by atoms with van der Waals surface area (Å²) in [6.07, 6.45) is 1.01. The van der Waals surface area contributed by atoms with Gasteiger partial charge in [-0.05, 0) is 48.5 Å². The minimum atomic E-state index is -0.567. The van der Waals surface area contributed by atoms with Crippen LogP contribution < -0.4 is 10.9 Å². The van der Waals surface area contributed by atoms with E-state index in [-0.39, 0.29) is 0 Å². The molecule has 1 fully saturated rings. The monoisotopic (exact) mass is 309 g/mol. The van der Waals surface area contributed by atoms with Crippen molar-refractivity contribution in [2.24, 2.45) is 0 Å². The van der Waals surface area contributed by atoms with E-state index in [0.29, 0.717) is 11.5 Å². The number of nitrogens with one attached hydrogen (secondary N) is 2. The summed E-state index contributed by atoms with van der Waals surface area (Å²) in [6.45, 7) is 13.3. The average Bonchev–Trinajstić information content (AvgIpc) is 2.79. The number of nitrogens with zero attached hydrogens (tertiary/aromatic N) is 1. The van der Waals surface area contributed by atoms with Gasteiger partial charge in [0.2, 0.25) is 5.95 Å². The summed E-state index contributed by atoms with van der Waals surface area (Å²) >= 11 is 0. The van der Waals surface area contributed by atoms with Gasteiger partial charge in [0.05, 0.1) is 16.8 Å². The van der Waals surface area contributed by atoms with Crippen molar-refractivity contribution in [3.8, 4) is 0 Å². The molecule has 2 N–H and O–H groups in total. The molecule has 0 aliphatic carbocycles. The van der Waals surface area contributed by atoms with Crippen LogP contribution in [0.3, 0.4) is 0 Å². The summed E-state index contributed by atoms with van der Waals surface area (Å²) in [5, 5.41) is 2.54. The highest BCUT2D eigenvalue weighted by molar-refractivity contribution is 6.61. The zero-order valence-electron chi connectivity index (χ0n) is 14.2. The first-order valence-electron chi connectivity index (χ1n) is 7.30. The Hall–Kier alpha value is -1.54. The lowest BCUT2D eigenvalue weighted by Gasteiger charge is -2.32. The third-order valence-corrected chi connectivity index (χ3v) is 3.72. The molecule has 0 atom stereocenters. The van der Waals surface area contributed by atoms with Gasteiger partial charge in [-0.15, -0.1) is 0 Å². The summed E-state index contributed by atoms with van der Waals surface area (Å²) in [4.78, 5) is 18.8. The molecular formula is C14H24BN3O4. The smallest absolute Gasteiger partial charge is 0.444 e. The Balaban J connectivity index is 2.03. The van der Waals surface area contributed by atoms with Gasteiger partial charge in [0.25, 0.3) is 0 Å². The molecule has 0 radical (unpaired) electrons. The second-order valence-corrected chi connectivity index (χ2v) is 7.40. The number of rotatable bonds is 2. The topological polar surface area (TPSA) is 85.5 Å². The number of hydrogen-bond donors (Lipinski definition) is 2. The quantitative estimate of drug-likeness (QED) is 0.817. The summed E-state index contributed by atoms with van der Waals surface area (Å²) in [5.74, 6) is 0.291. The molecule has 0 bridgehead atoms. The Morgan fingerprint density at radius 1 is 1.27 bits per heavy atom. The van der Waals surface area contributed by atoms with Crippen LogP contribution >= 0.6 is 0 Å². The van der Waals surface area contributed by atoms with E-state index in [4.69, 9.17) is 14.0 Å². The Morgan fingerprint density at radius 2 is 1.82 bits per heavy atom. The van der Waals surface area contributed by atoms with Gasteiger partial charge >= 0.3 is 13.2 Å². The third kappa shape index (κ3) is 3.62.